The van der Waals surface area contributed by atoms with Crippen molar-refractivity contribution in [1.82, 2.24) is 40.4 Å². The maximum absolute atomic E-state index is 13.5. The third-order valence-electron chi connectivity index (χ3n) is 15.0. The van der Waals surface area contributed by atoms with Crippen LogP contribution in [0.2, 0.25) is 0 Å². The van der Waals surface area contributed by atoms with Crippen molar-refractivity contribution < 1.29 is 46.2 Å². The number of aromatic amines is 2. The van der Waals surface area contributed by atoms with E-state index in [-0.39, 0.29) is 45.2 Å². The third-order valence-corrected chi connectivity index (χ3v) is 18.4. The number of nitrogens with zero attached hydrogens (tertiary/aromatic N) is 4. The van der Waals surface area contributed by atoms with Crippen molar-refractivity contribution in [3.8, 4) is 22.3 Å². The maximum Gasteiger partial charge on any atom is 0.328 e. The first-order valence-electron chi connectivity index (χ1n) is 26.6. The highest BCUT2D eigenvalue weighted by Gasteiger charge is 2.27. The maximum atomic E-state index is 13.5. The summed E-state index contributed by atoms with van der Waals surface area (Å²) >= 11 is 0. The van der Waals surface area contributed by atoms with Crippen LogP contribution in [0.4, 0.5) is 0 Å². The smallest absolute Gasteiger partial charge is 0.328 e. The fourth-order valence-electron chi connectivity index (χ4n) is 10.3. The Hall–Kier alpha value is -7.78. The van der Waals surface area contributed by atoms with Crippen molar-refractivity contribution in [3.63, 3.8) is 0 Å². The molecule has 6 heterocycles. The van der Waals surface area contributed by atoms with Crippen molar-refractivity contribution in [2.75, 3.05) is 51.8 Å². The number of carboxylic acid groups (broad SMARTS) is 2. The summed E-state index contributed by atoms with van der Waals surface area (Å²) in [5, 5.41) is 25.9. The van der Waals surface area contributed by atoms with Gasteiger partial charge in [0.2, 0.25) is 0 Å². The van der Waals surface area contributed by atoms with Gasteiger partial charge in [0.15, 0.2) is 19.7 Å². The van der Waals surface area contributed by atoms with E-state index in [1.807, 2.05) is 64.4 Å². The molecular weight excluding hydrogens is 1060 g/mol. The van der Waals surface area contributed by atoms with Crippen LogP contribution in [0.5, 0.6) is 0 Å². The monoisotopic (exact) mass is 1120 g/mol. The van der Waals surface area contributed by atoms with Gasteiger partial charge in [0.1, 0.15) is 11.3 Å². The fourth-order valence-corrected chi connectivity index (χ4v) is 12.2. The number of benzene rings is 4. The van der Waals surface area contributed by atoms with Gasteiger partial charge < -0.3 is 40.6 Å². The Labute approximate surface area is 465 Å². The van der Waals surface area contributed by atoms with Crippen LogP contribution in [0.25, 0.3) is 66.1 Å². The second kappa shape index (κ2) is 24.3. The quantitative estimate of drug-likeness (QED) is 0.0624. The molecule has 10 rings (SSSR count). The topological polar surface area (TPSA) is 265 Å². The van der Waals surface area contributed by atoms with Gasteiger partial charge in [-0.3, -0.25) is 9.59 Å². The minimum Gasteiger partial charge on any atom is -0.478 e. The van der Waals surface area contributed by atoms with Crippen molar-refractivity contribution in [2.45, 2.75) is 89.1 Å². The first-order chi connectivity index (χ1) is 38.0. The lowest BCUT2D eigenvalue weighted by Gasteiger charge is -2.29. The summed E-state index contributed by atoms with van der Waals surface area (Å²) in [4.78, 5) is 67.3. The molecule has 0 bridgehead atoms. The summed E-state index contributed by atoms with van der Waals surface area (Å²) < 4.78 is 50.6. The number of aliphatic carboxylic acids is 2. The van der Waals surface area contributed by atoms with Gasteiger partial charge in [0, 0.05) is 69.3 Å². The van der Waals surface area contributed by atoms with Crippen LogP contribution < -0.4 is 10.6 Å². The van der Waals surface area contributed by atoms with Gasteiger partial charge in [-0.05, 0) is 187 Å². The van der Waals surface area contributed by atoms with E-state index < -0.39 is 31.6 Å². The first-order valence-corrected chi connectivity index (χ1v) is 29.9. The Morgan fingerprint density at radius 1 is 0.588 bits per heavy atom. The van der Waals surface area contributed by atoms with Gasteiger partial charge in [0.05, 0.1) is 32.3 Å². The summed E-state index contributed by atoms with van der Waals surface area (Å²) in [6, 6.07) is 22.3. The van der Waals surface area contributed by atoms with Crippen LogP contribution in [0.1, 0.15) is 82.5 Å². The van der Waals surface area contributed by atoms with E-state index in [9.17, 15) is 36.0 Å². The van der Waals surface area contributed by atoms with E-state index >= 15 is 0 Å². The number of nitrogens with one attached hydrogen (secondary N) is 4. The average molecular weight is 1130 g/mol. The lowest BCUT2D eigenvalue weighted by molar-refractivity contribution is -0.134. The zero-order valence-corrected chi connectivity index (χ0v) is 47.9. The third kappa shape index (κ3) is 12.9. The van der Waals surface area contributed by atoms with Crippen molar-refractivity contribution in [1.29, 1.82) is 0 Å². The first kappa shape index (κ1) is 58.4. The Kier molecular flexibility index (Phi) is 17.7. The van der Waals surface area contributed by atoms with Crippen molar-refractivity contribution >= 4 is 87.3 Å². The van der Waals surface area contributed by atoms with E-state index in [1.165, 1.54) is 0 Å². The molecule has 80 heavy (non-hydrogen) atoms. The number of carboxylic acids is 2. The largest absolute Gasteiger partial charge is 0.478 e. The predicted molar refractivity (Wildman–Crippen MR) is 313 cm³/mol. The number of piperidine rings is 2. The molecule has 4 aromatic heterocycles. The number of likely N-dealkylation sites (tertiary alicyclic amines) is 2. The number of sulfone groups is 2. The van der Waals surface area contributed by atoms with Gasteiger partial charge in [-0.25, -0.2) is 36.4 Å². The van der Waals surface area contributed by atoms with Crippen LogP contribution in [0.3, 0.4) is 0 Å². The highest BCUT2D eigenvalue weighted by atomic mass is 32.2. The van der Waals surface area contributed by atoms with Crippen molar-refractivity contribution in [3.05, 3.63) is 131 Å². The fraction of sp³-hybridized carbons (Fsp3) is 0.333. The Morgan fingerprint density at radius 2 is 0.950 bits per heavy atom. The van der Waals surface area contributed by atoms with Gasteiger partial charge in [-0.15, -0.1) is 0 Å². The lowest BCUT2D eigenvalue weighted by atomic mass is 9.93. The standard InChI is InChI=1S/2C28H32N4O3S.C4H4O4/c2*1-5-36(34,35)21-8-6-7-19(14-21)23-15-22(28(33)30-20-9-11-32(4)12-10-20)18(3)26-25(23)24-13-17(2)16-29-27(24)31-26;5-3(6)1-2-4(7)8/h2*6-8,13-16,20H,5,9-12H2,1-4H3,(H,29,31)(H,30,33);1-2H,(H,5,6)(H,7,8)/b;;2-1+. The summed E-state index contributed by atoms with van der Waals surface area (Å²) in [7, 11) is -2.56. The Balaban J connectivity index is 0.000000185. The number of hydrogen-bond acceptors (Lipinski definition) is 12. The molecule has 8 aromatic rings. The summed E-state index contributed by atoms with van der Waals surface area (Å²) in [5.74, 6) is -2.67. The van der Waals surface area contributed by atoms with Crippen LogP contribution in [0.15, 0.2) is 107 Å². The summed E-state index contributed by atoms with van der Waals surface area (Å²) in [6.07, 6.45) is 8.42. The zero-order valence-electron chi connectivity index (χ0n) is 46.2. The molecule has 0 aliphatic carbocycles. The summed E-state index contributed by atoms with van der Waals surface area (Å²) in [5.41, 5.74) is 11.2. The van der Waals surface area contributed by atoms with Gasteiger partial charge in [-0.2, -0.15) is 0 Å². The number of pyridine rings is 2. The number of aryl methyl sites for hydroxylation is 4. The second-order valence-electron chi connectivity index (χ2n) is 20.7. The minimum atomic E-state index is -3.38. The number of rotatable bonds is 12. The van der Waals surface area contributed by atoms with Crippen LogP contribution in [-0.2, 0) is 29.3 Å². The molecule has 2 fully saturated rings. The predicted octanol–water partition coefficient (Wildman–Crippen LogP) is 8.95. The molecule has 420 valence electrons. The molecule has 0 saturated carbocycles. The van der Waals surface area contributed by atoms with Crippen LogP contribution in [0, 0.1) is 27.7 Å². The lowest BCUT2D eigenvalue weighted by Crippen LogP contribution is -2.43. The zero-order chi connectivity index (χ0) is 57.8. The molecule has 2 saturated heterocycles. The number of carbonyl (C=O) groups is 4. The van der Waals surface area contributed by atoms with Gasteiger partial charge in [0.25, 0.3) is 11.8 Å². The molecule has 0 atom stereocenters. The van der Waals surface area contributed by atoms with E-state index in [0.717, 1.165) is 140 Å². The van der Waals surface area contributed by atoms with Crippen LogP contribution in [-0.4, -0.2) is 144 Å². The highest BCUT2D eigenvalue weighted by molar-refractivity contribution is 7.91. The highest BCUT2D eigenvalue weighted by Crippen LogP contribution is 2.40. The minimum absolute atomic E-state index is 0.0280. The van der Waals surface area contributed by atoms with Gasteiger partial charge >= 0.3 is 11.9 Å². The molecule has 18 nitrogen and oxygen atoms in total. The number of H-pyrrole nitrogens is 2. The average Bonchev–Trinajstić information content (AvgIpc) is 4.13. The number of amides is 2. The number of fused-ring (bicyclic) bond motifs is 6. The van der Waals surface area contributed by atoms with Gasteiger partial charge in [-0.1, -0.05) is 38.1 Å². The Morgan fingerprint density at radius 3 is 1.29 bits per heavy atom. The molecular formula is C60H68N8O10S2. The molecule has 6 N–H and O–H groups in total. The molecule has 0 radical (unpaired) electrons. The molecule has 20 heteroatoms. The summed E-state index contributed by atoms with van der Waals surface area (Å²) in [6.45, 7) is 15.0. The SMILES string of the molecule is CCS(=O)(=O)c1cccc(-c2cc(C(=O)NC3CCN(C)CC3)c(C)c3[nH]c4ncc(C)cc4c23)c1.CCS(=O)(=O)c1cccc(-c2cc(C(=O)NC3CCN(C)CC3)c(C)c3[nH]c4ncc(C)cc4c23)c1.O=C(O)/C=C/C(=O)O. The molecule has 2 aliphatic rings. The van der Waals surface area contributed by atoms with Crippen molar-refractivity contribution in [2.24, 2.45) is 0 Å². The van der Waals surface area contributed by atoms with Crippen LogP contribution >= 0.6 is 0 Å². The number of aromatic nitrogens is 4. The number of hydrogen-bond donors (Lipinski definition) is 6. The van der Waals surface area contributed by atoms with E-state index in [1.54, 1.807) is 50.2 Å². The molecule has 2 amide bonds. The number of carbonyl (C=O) groups excluding carboxylic acids is 2. The molecule has 2 aliphatic heterocycles. The van der Waals surface area contributed by atoms with E-state index in [0.29, 0.717) is 23.3 Å². The molecule has 0 spiro atoms. The molecule has 4 aromatic carbocycles. The van der Waals surface area contributed by atoms with E-state index in [4.69, 9.17) is 10.2 Å². The van der Waals surface area contributed by atoms with E-state index in [2.05, 4.69) is 66.6 Å². The molecule has 0 unspecified atom stereocenters. The Bertz CT molecular complexity index is 3710. The normalized spacial score (nSPS) is 14.9. The second-order valence-corrected chi connectivity index (χ2v) is 25.3.